The Kier molecular flexibility index (Phi) is 1.94. The molecular formula is C9H16. The Balaban J connectivity index is 2.35. The monoisotopic (exact) mass is 124 g/mol. The van der Waals surface area contributed by atoms with E-state index in [0.29, 0.717) is 0 Å². The topological polar surface area (TPSA) is 0 Å². The molecule has 1 aliphatic carbocycles. The van der Waals surface area contributed by atoms with E-state index in [2.05, 4.69) is 20.8 Å². The Morgan fingerprint density at radius 2 is 2.00 bits per heavy atom. The summed E-state index contributed by atoms with van der Waals surface area (Å²) in [7, 11) is 0. The molecule has 0 radical (unpaired) electrons. The van der Waals surface area contributed by atoms with Crippen LogP contribution in [0.3, 0.4) is 0 Å². The van der Waals surface area contributed by atoms with Crippen molar-refractivity contribution < 1.29 is 0 Å². The molecule has 0 atom stereocenters. The van der Waals surface area contributed by atoms with Crippen LogP contribution in [-0.2, 0) is 0 Å². The third-order valence-electron chi connectivity index (χ3n) is 1.82. The molecule has 0 saturated heterocycles. The lowest BCUT2D eigenvalue weighted by molar-refractivity contribution is 0.641. The van der Waals surface area contributed by atoms with Crippen molar-refractivity contribution in [2.24, 2.45) is 5.92 Å². The van der Waals surface area contributed by atoms with Crippen LogP contribution in [0.25, 0.3) is 0 Å². The largest absolute Gasteiger partial charge is 0.0738 e. The molecule has 0 bridgehead atoms. The number of rotatable bonds is 2. The van der Waals surface area contributed by atoms with E-state index < -0.39 is 0 Å². The molecule has 0 N–H and O–H groups in total. The normalized spacial score (nSPS) is 16.7. The van der Waals surface area contributed by atoms with Crippen molar-refractivity contribution in [3.05, 3.63) is 11.1 Å². The van der Waals surface area contributed by atoms with E-state index in [0.717, 1.165) is 5.92 Å². The summed E-state index contributed by atoms with van der Waals surface area (Å²) in [5.41, 5.74) is 3.38. The smallest absolute Gasteiger partial charge is 0.0280 e. The Morgan fingerprint density at radius 1 is 1.44 bits per heavy atom. The summed E-state index contributed by atoms with van der Waals surface area (Å²) in [5.74, 6) is 0.845. The SMILES string of the molecule is CC(CC(C)C)=C1CC1. The van der Waals surface area contributed by atoms with E-state index in [1.54, 1.807) is 11.1 Å². The predicted molar refractivity (Wildman–Crippen MR) is 41.4 cm³/mol. The average molecular weight is 124 g/mol. The molecule has 0 aromatic heterocycles. The molecule has 1 rings (SSSR count). The fourth-order valence-corrected chi connectivity index (χ4v) is 1.25. The quantitative estimate of drug-likeness (QED) is 0.496. The van der Waals surface area contributed by atoms with Crippen molar-refractivity contribution in [1.29, 1.82) is 0 Å². The molecular weight excluding hydrogens is 108 g/mol. The van der Waals surface area contributed by atoms with Crippen molar-refractivity contribution in [3.8, 4) is 0 Å². The fourth-order valence-electron chi connectivity index (χ4n) is 1.25. The van der Waals surface area contributed by atoms with Crippen LogP contribution in [0.4, 0.5) is 0 Å². The van der Waals surface area contributed by atoms with Crippen LogP contribution in [0.5, 0.6) is 0 Å². The van der Waals surface area contributed by atoms with E-state index in [1.807, 2.05) is 0 Å². The lowest BCUT2D eigenvalue weighted by Gasteiger charge is -2.02. The van der Waals surface area contributed by atoms with Crippen molar-refractivity contribution in [1.82, 2.24) is 0 Å². The van der Waals surface area contributed by atoms with Crippen LogP contribution >= 0.6 is 0 Å². The Hall–Kier alpha value is -0.260. The summed E-state index contributed by atoms with van der Waals surface area (Å²) in [6, 6.07) is 0. The van der Waals surface area contributed by atoms with Gasteiger partial charge in [0.15, 0.2) is 0 Å². The highest BCUT2D eigenvalue weighted by atomic mass is 14.2. The van der Waals surface area contributed by atoms with Gasteiger partial charge in [0.1, 0.15) is 0 Å². The van der Waals surface area contributed by atoms with Gasteiger partial charge in [-0.3, -0.25) is 0 Å². The maximum atomic E-state index is 2.28. The minimum Gasteiger partial charge on any atom is -0.0738 e. The highest BCUT2D eigenvalue weighted by molar-refractivity contribution is 5.23. The lowest BCUT2D eigenvalue weighted by atomic mass is 10.0. The molecule has 0 aliphatic heterocycles. The van der Waals surface area contributed by atoms with Crippen LogP contribution in [-0.4, -0.2) is 0 Å². The third-order valence-corrected chi connectivity index (χ3v) is 1.82. The highest BCUT2D eigenvalue weighted by Crippen LogP contribution is 2.33. The van der Waals surface area contributed by atoms with Gasteiger partial charge in [-0.2, -0.15) is 0 Å². The van der Waals surface area contributed by atoms with Crippen molar-refractivity contribution in [2.75, 3.05) is 0 Å². The maximum Gasteiger partial charge on any atom is -0.0280 e. The Labute approximate surface area is 58.0 Å². The molecule has 0 heterocycles. The van der Waals surface area contributed by atoms with Gasteiger partial charge in [-0.1, -0.05) is 25.0 Å². The zero-order valence-corrected chi connectivity index (χ0v) is 6.70. The number of hydrogen-bond acceptors (Lipinski definition) is 0. The van der Waals surface area contributed by atoms with E-state index in [-0.39, 0.29) is 0 Å². The van der Waals surface area contributed by atoms with Crippen LogP contribution in [0.15, 0.2) is 11.1 Å². The first kappa shape index (κ1) is 6.85. The minimum absolute atomic E-state index is 0.845. The molecule has 0 nitrogen and oxygen atoms in total. The molecule has 52 valence electrons. The number of hydrogen-bond donors (Lipinski definition) is 0. The van der Waals surface area contributed by atoms with Gasteiger partial charge in [0, 0.05) is 0 Å². The standard InChI is InChI=1S/C9H16/c1-7(2)6-8(3)9-4-5-9/h7H,4-6H2,1-3H3. The summed E-state index contributed by atoms with van der Waals surface area (Å²) >= 11 is 0. The van der Waals surface area contributed by atoms with E-state index in [4.69, 9.17) is 0 Å². The first-order chi connectivity index (χ1) is 4.20. The minimum atomic E-state index is 0.845. The van der Waals surface area contributed by atoms with E-state index in [1.165, 1.54) is 19.3 Å². The van der Waals surface area contributed by atoms with Gasteiger partial charge in [0.2, 0.25) is 0 Å². The summed E-state index contributed by atoms with van der Waals surface area (Å²) in [6.45, 7) is 6.85. The van der Waals surface area contributed by atoms with Crippen molar-refractivity contribution in [2.45, 2.75) is 40.0 Å². The zero-order chi connectivity index (χ0) is 6.85. The molecule has 0 aromatic rings. The predicted octanol–water partition coefficient (Wildman–Crippen LogP) is 3.14. The molecule has 1 saturated carbocycles. The fraction of sp³-hybridized carbons (Fsp3) is 0.778. The second-order valence-corrected chi connectivity index (χ2v) is 3.48. The van der Waals surface area contributed by atoms with Gasteiger partial charge < -0.3 is 0 Å². The summed E-state index contributed by atoms with van der Waals surface area (Å²) in [5, 5.41) is 0. The molecule has 0 aromatic carbocycles. The van der Waals surface area contributed by atoms with Gasteiger partial charge >= 0.3 is 0 Å². The summed E-state index contributed by atoms with van der Waals surface area (Å²) in [6.07, 6.45) is 4.09. The van der Waals surface area contributed by atoms with Crippen LogP contribution in [0.2, 0.25) is 0 Å². The Morgan fingerprint density at radius 3 is 2.33 bits per heavy atom. The van der Waals surface area contributed by atoms with Gasteiger partial charge in [-0.15, -0.1) is 0 Å². The molecule has 0 amide bonds. The Bertz CT molecular complexity index is 123. The summed E-state index contributed by atoms with van der Waals surface area (Å²) < 4.78 is 0. The average Bonchev–Trinajstić information content (AvgIpc) is 2.40. The summed E-state index contributed by atoms with van der Waals surface area (Å²) in [4.78, 5) is 0. The second-order valence-electron chi connectivity index (χ2n) is 3.48. The molecule has 1 fully saturated rings. The van der Waals surface area contributed by atoms with Gasteiger partial charge in [0.25, 0.3) is 0 Å². The zero-order valence-electron chi connectivity index (χ0n) is 6.70. The molecule has 9 heavy (non-hydrogen) atoms. The van der Waals surface area contributed by atoms with Crippen LogP contribution in [0.1, 0.15) is 40.0 Å². The van der Waals surface area contributed by atoms with Crippen LogP contribution in [0, 0.1) is 5.92 Å². The maximum absolute atomic E-state index is 2.28. The second kappa shape index (κ2) is 2.55. The molecule has 0 spiro atoms. The van der Waals surface area contributed by atoms with E-state index in [9.17, 15) is 0 Å². The first-order valence-electron chi connectivity index (χ1n) is 3.87. The van der Waals surface area contributed by atoms with Gasteiger partial charge in [-0.25, -0.2) is 0 Å². The van der Waals surface area contributed by atoms with Gasteiger partial charge in [-0.05, 0) is 32.1 Å². The molecule has 0 unspecified atom stereocenters. The van der Waals surface area contributed by atoms with Crippen LogP contribution < -0.4 is 0 Å². The van der Waals surface area contributed by atoms with E-state index >= 15 is 0 Å². The lowest BCUT2D eigenvalue weighted by Crippen LogP contribution is -1.87. The first-order valence-corrected chi connectivity index (χ1v) is 3.87. The number of allylic oxidation sites excluding steroid dienone is 2. The molecule has 0 heteroatoms. The van der Waals surface area contributed by atoms with Gasteiger partial charge in [0.05, 0.1) is 0 Å². The highest BCUT2D eigenvalue weighted by Gasteiger charge is 2.14. The van der Waals surface area contributed by atoms with Crippen molar-refractivity contribution in [3.63, 3.8) is 0 Å². The third kappa shape index (κ3) is 2.21. The van der Waals surface area contributed by atoms with Crippen molar-refractivity contribution >= 4 is 0 Å². The molecule has 1 aliphatic rings.